The molecule has 0 radical (unpaired) electrons. The van der Waals surface area contributed by atoms with E-state index in [0.717, 1.165) is 31.8 Å². The molecule has 0 saturated carbocycles. The van der Waals surface area contributed by atoms with Crippen LogP contribution in [0.3, 0.4) is 0 Å². The summed E-state index contributed by atoms with van der Waals surface area (Å²) < 4.78 is 13.5. The maximum Gasteiger partial charge on any atom is 0.255 e. The van der Waals surface area contributed by atoms with Crippen LogP contribution in [0.2, 0.25) is 0 Å². The van der Waals surface area contributed by atoms with E-state index in [1.807, 2.05) is 4.90 Å². The first kappa shape index (κ1) is 13.5. The fraction of sp³-hybridized carbons (Fsp3) is 0.500. The quantitative estimate of drug-likeness (QED) is 0.812. The first-order valence-corrected chi connectivity index (χ1v) is 7.15. The molecule has 2 rings (SSSR count). The zero-order chi connectivity index (χ0) is 13.1. The third-order valence-electron chi connectivity index (χ3n) is 3.64. The van der Waals surface area contributed by atoms with E-state index in [0.29, 0.717) is 10.0 Å². The summed E-state index contributed by atoms with van der Waals surface area (Å²) >= 11 is 3.25. The summed E-state index contributed by atoms with van der Waals surface area (Å²) in [6.45, 7) is 3.81. The maximum atomic E-state index is 13.0. The molecule has 1 fully saturated rings. The van der Waals surface area contributed by atoms with Gasteiger partial charge >= 0.3 is 0 Å². The third kappa shape index (κ3) is 2.91. The Balaban J connectivity index is 2.08. The average molecular weight is 314 g/mol. The monoisotopic (exact) mass is 313 g/mol. The van der Waals surface area contributed by atoms with Crippen molar-refractivity contribution in [2.45, 2.75) is 26.2 Å². The van der Waals surface area contributed by atoms with Crippen LogP contribution in [-0.4, -0.2) is 23.9 Å². The number of carbonyl (C=O) groups is 1. The van der Waals surface area contributed by atoms with E-state index >= 15 is 0 Å². The molecule has 0 N–H and O–H groups in total. The lowest BCUT2D eigenvalue weighted by Crippen LogP contribution is -2.38. The van der Waals surface area contributed by atoms with Gasteiger partial charge in [-0.3, -0.25) is 4.79 Å². The lowest BCUT2D eigenvalue weighted by Gasteiger charge is -2.31. The van der Waals surface area contributed by atoms with Crippen LogP contribution in [0.5, 0.6) is 0 Å². The van der Waals surface area contributed by atoms with E-state index in [1.165, 1.54) is 18.6 Å². The normalized spacial score (nSPS) is 16.9. The Morgan fingerprint density at radius 2 is 2.11 bits per heavy atom. The summed E-state index contributed by atoms with van der Waals surface area (Å²) in [7, 11) is 0. The van der Waals surface area contributed by atoms with E-state index in [2.05, 4.69) is 22.9 Å². The molecule has 0 aliphatic carbocycles. The molecule has 1 aliphatic heterocycles. The standard InChI is InChI=1S/C14H17BrFNO/c1-2-10-5-7-17(8-6-10)14(18)12-4-3-11(16)9-13(12)15/h3-4,9-10H,2,5-8H2,1H3. The largest absolute Gasteiger partial charge is 0.339 e. The number of rotatable bonds is 2. The first-order valence-electron chi connectivity index (χ1n) is 6.36. The Bertz CT molecular complexity index is 441. The topological polar surface area (TPSA) is 20.3 Å². The van der Waals surface area contributed by atoms with Gasteiger partial charge in [-0.2, -0.15) is 0 Å². The van der Waals surface area contributed by atoms with Crippen LogP contribution < -0.4 is 0 Å². The average Bonchev–Trinajstić information content (AvgIpc) is 2.38. The number of likely N-dealkylation sites (tertiary alicyclic amines) is 1. The SMILES string of the molecule is CCC1CCN(C(=O)c2ccc(F)cc2Br)CC1. The highest BCUT2D eigenvalue weighted by molar-refractivity contribution is 9.10. The molecule has 1 heterocycles. The Labute approximate surface area is 115 Å². The van der Waals surface area contributed by atoms with Gasteiger partial charge in [0.1, 0.15) is 5.82 Å². The number of hydrogen-bond acceptors (Lipinski definition) is 1. The number of amides is 1. The molecular formula is C14H17BrFNO. The fourth-order valence-electron chi connectivity index (χ4n) is 2.38. The zero-order valence-corrected chi connectivity index (χ0v) is 12.0. The zero-order valence-electron chi connectivity index (χ0n) is 10.5. The van der Waals surface area contributed by atoms with Crippen molar-refractivity contribution >= 4 is 21.8 Å². The van der Waals surface area contributed by atoms with Crippen LogP contribution in [-0.2, 0) is 0 Å². The number of carbonyl (C=O) groups excluding carboxylic acids is 1. The second-order valence-corrected chi connectivity index (χ2v) is 5.62. The molecule has 0 atom stereocenters. The van der Waals surface area contributed by atoms with Crippen molar-refractivity contribution in [1.29, 1.82) is 0 Å². The smallest absolute Gasteiger partial charge is 0.255 e. The molecule has 0 spiro atoms. The van der Waals surface area contributed by atoms with Gasteiger partial charge in [0.25, 0.3) is 5.91 Å². The van der Waals surface area contributed by atoms with Crippen LogP contribution in [0.25, 0.3) is 0 Å². The number of halogens is 2. The Morgan fingerprint density at radius 3 is 2.67 bits per heavy atom. The van der Waals surface area contributed by atoms with Gasteiger partial charge < -0.3 is 4.90 Å². The van der Waals surface area contributed by atoms with Gasteiger partial charge in [0.2, 0.25) is 0 Å². The number of piperidine rings is 1. The van der Waals surface area contributed by atoms with Crippen LogP contribution in [0, 0.1) is 11.7 Å². The Morgan fingerprint density at radius 1 is 1.44 bits per heavy atom. The summed E-state index contributed by atoms with van der Waals surface area (Å²) in [4.78, 5) is 14.2. The Hall–Kier alpha value is -0.900. The van der Waals surface area contributed by atoms with Crippen LogP contribution in [0.1, 0.15) is 36.5 Å². The molecule has 1 saturated heterocycles. The van der Waals surface area contributed by atoms with E-state index in [-0.39, 0.29) is 11.7 Å². The van der Waals surface area contributed by atoms with Crippen molar-refractivity contribution in [3.8, 4) is 0 Å². The summed E-state index contributed by atoms with van der Waals surface area (Å²) in [6.07, 6.45) is 3.32. The molecule has 2 nitrogen and oxygen atoms in total. The molecule has 1 aromatic rings. The molecule has 1 amide bonds. The number of hydrogen-bond donors (Lipinski definition) is 0. The van der Waals surface area contributed by atoms with Gasteiger partial charge in [-0.05, 0) is 52.9 Å². The number of nitrogens with zero attached hydrogens (tertiary/aromatic N) is 1. The summed E-state index contributed by atoms with van der Waals surface area (Å²) in [5, 5.41) is 0. The molecule has 4 heteroatoms. The molecule has 0 unspecified atom stereocenters. The third-order valence-corrected chi connectivity index (χ3v) is 4.30. The molecule has 1 aromatic carbocycles. The second kappa shape index (κ2) is 5.83. The molecule has 98 valence electrons. The predicted octanol–water partition coefficient (Wildman–Crippen LogP) is 3.85. The fourth-order valence-corrected chi connectivity index (χ4v) is 2.90. The summed E-state index contributed by atoms with van der Waals surface area (Å²) in [6, 6.07) is 4.22. The lowest BCUT2D eigenvalue weighted by atomic mass is 9.94. The maximum absolute atomic E-state index is 13.0. The van der Waals surface area contributed by atoms with Gasteiger partial charge in [-0.15, -0.1) is 0 Å². The van der Waals surface area contributed by atoms with Crippen LogP contribution >= 0.6 is 15.9 Å². The van der Waals surface area contributed by atoms with Crippen molar-refractivity contribution in [1.82, 2.24) is 4.90 Å². The van der Waals surface area contributed by atoms with Crippen molar-refractivity contribution in [3.05, 3.63) is 34.1 Å². The van der Waals surface area contributed by atoms with Gasteiger partial charge in [0.15, 0.2) is 0 Å². The highest BCUT2D eigenvalue weighted by Crippen LogP contribution is 2.24. The van der Waals surface area contributed by atoms with E-state index in [4.69, 9.17) is 0 Å². The molecule has 0 bridgehead atoms. The highest BCUT2D eigenvalue weighted by Gasteiger charge is 2.23. The minimum absolute atomic E-state index is 0.00331. The van der Waals surface area contributed by atoms with Gasteiger partial charge in [-0.25, -0.2) is 4.39 Å². The summed E-state index contributed by atoms with van der Waals surface area (Å²) in [5.74, 6) is 0.408. The van der Waals surface area contributed by atoms with Crippen molar-refractivity contribution < 1.29 is 9.18 Å². The number of benzene rings is 1. The van der Waals surface area contributed by atoms with Crippen molar-refractivity contribution in [2.75, 3.05) is 13.1 Å². The first-order chi connectivity index (χ1) is 8.61. The molecule has 0 aromatic heterocycles. The molecule has 1 aliphatic rings. The summed E-state index contributed by atoms with van der Waals surface area (Å²) in [5.41, 5.74) is 0.548. The van der Waals surface area contributed by atoms with Gasteiger partial charge in [0, 0.05) is 17.6 Å². The minimum Gasteiger partial charge on any atom is -0.339 e. The lowest BCUT2D eigenvalue weighted by molar-refractivity contribution is 0.0688. The molecular weight excluding hydrogens is 297 g/mol. The molecule has 18 heavy (non-hydrogen) atoms. The van der Waals surface area contributed by atoms with E-state index < -0.39 is 0 Å². The van der Waals surface area contributed by atoms with Crippen LogP contribution in [0.15, 0.2) is 22.7 Å². The van der Waals surface area contributed by atoms with E-state index in [9.17, 15) is 9.18 Å². The second-order valence-electron chi connectivity index (χ2n) is 4.77. The van der Waals surface area contributed by atoms with Crippen LogP contribution in [0.4, 0.5) is 4.39 Å². The highest BCUT2D eigenvalue weighted by atomic mass is 79.9. The van der Waals surface area contributed by atoms with E-state index in [1.54, 1.807) is 6.07 Å². The van der Waals surface area contributed by atoms with Crippen molar-refractivity contribution in [2.24, 2.45) is 5.92 Å². The minimum atomic E-state index is -0.330. The predicted molar refractivity (Wildman–Crippen MR) is 73.0 cm³/mol. The Kier molecular flexibility index (Phi) is 4.38. The van der Waals surface area contributed by atoms with Crippen molar-refractivity contribution in [3.63, 3.8) is 0 Å². The van der Waals surface area contributed by atoms with Gasteiger partial charge in [0.05, 0.1) is 5.56 Å². The van der Waals surface area contributed by atoms with Gasteiger partial charge in [-0.1, -0.05) is 13.3 Å².